The van der Waals surface area contributed by atoms with Crippen molar-refractivity contribution in [2.45, 2.75) is 70.0 Å². The summed E-state index contributed by atoms with van der Waals surface area (Å²) in [5.41, 5.74) is 0. The fraction of sp³-hybridized carbons (Fsp3) is 0.938. The SMILES string of the molecule is CCC(=O)N1CCC(NC2CCN3CCCCC23)CC1. The molecule has 1 amide bonds. The molecular formula is C16H29N3O. The summed E-state index contributed by atoms with van der Waals surface area (Å²) in [5.74, 6) is 0.322. The number of hydrogen-bond donors (Lipinski definition) is 1. The van der Waals surface area contributed by atoms with Gasteiger partial charge >= 0.3 is 0 Å². The van der Waals surface area contributed by atoms with Crippen LogP contribution >= 0.6 is 0 Å². The molecule has 1 N–H and O–H groups in total. The summed E-state index contributed by atoms with van der Waals surface area (Å²) in [7, 11) is 0. The molecule has 3 heterocycles. The molecule has 3 aliphatic rings. The number of nitrogens with one attached hydrogen (secondary N) is 1. The van der Waals surface area contributed by atoms with Crippen molar-refractivity contribution in [1.82, 2.24) is 15.1 Å². The first-order valence-corrected chi connectivity index (χ1v) is 8.56. The normalized spacial score (nSPS) is 32.4. The van der Waals surface area contributed by atoms with Gasteiger partial charge < -0.3 is 10.2 Å². The summed E-state index contributed by atoms with van der Waals surface area (Å²) in [4.78, 5) is 16.4. The number of carbonyl (C=O) groups excluding carboxylic acids is 1. The van der Waals surface area contributed by atoms with E-state index in [0.717, 1.165) is 32.0 Å². The van der Waals surface area contributed by atoms with Gasteiger partial charge in [-0.1, -0.05) is 13.3 Å². The van der Waals surface area contributed by atoms with E-state index in [1.54, 1.807) is 0 Å². The minimum atomic E-state index is 0.322. The quantitative estimate of drug-likeness (QED) is 0.852. The number of fused-ring (bicyclic) bond motifs is 1. The molecule has 2 atom stereocenters. The number of amides is 1. The van der Waals surface area contributed by atoms with E-state index in [1.165, 1.54) is 38.8 Å². The van der Waals surface area contributed by atoms with E-state index < -0.39 is 0 Å². The monoisotopic (exact) mass is 279 g/mol. The zero-order valence-electron chi connectivity index (χ0n) is 12.8. The molecule has 114 valence electrons. The Labute approximate surface area is 122 Å². The van der Waals surface area contributed by atoms with E-state index in [4.69, 9.17) is 0 Å². The Morgan fingerprint density at radius 1 is 1.05 bits per heavy atom. The molecule has 4 nitrogen and oxygen atoms in total. The van der Waals surface area contributed by atoms with E-state index >= 15 is 0 Å². The number of carbonyl (C=O) groups is 1. The van der Waals surface area contributed by atoms with Gasteiger partial charge in [-0.05, 0) is 38.6 Å². The fourth-order valence-corrected chi connectivity index (χ4v) is 4.26. The third kappa shape index (κ3) is 3.01. The van der Waals surface area contributed by atoms with Crippen LogP contribution in [0.2, 0.25) is 0 Å². The molecule has 0 spiro atoms. The van der Waals surface area contributed by atoms with Crippen LogP contribution in [0.1, 0.15) is 51.9 Å². The Hall–Kier alpha value is -0.610. The van der Waals surface area contributed by atoms with Crippen LogP contribution in [0, 0.1) is 0 Å². The van der Waals surface area contributed by atoms with Crippen LogP contribution in [0.4, 0.5) is 0 Å². The molecular weight excluding hydrogens is 250 g/mol. The number of nitrogens with zero attached hydrogens (tertiary/aromatic N) is 2. The van der Waals surface area contributed by atoms with Crippen molar-refractivity contribution in [3.8, 4) is 0 Å². The van der Waals surface area contributed by atoms with Crippen molar-refractivity contribution in [1.29, 1.82) is 0 Å². The lowest BCUT2D eigenvalue weighted by atomic mass is 9.96. The number of hydrogen-bond acceptors (Lipinski definition) is 3. The zero-order valence-corrected chi connectivity index (χ0v) is 12.8. The van der Waals surface area contributed by atoms with Gasteiger partial charge in [0.15, 0.2) is 0 Å². The molecule has 0 radical (unpaired) electrons. The highest BCUT2D eigenvalue weighted by molar-refractivity contribution is 5.75. The van der Waals surface area contributed by atoms with Gasteiger partial charge in [0.1, 0.15) is 0 Å². The topological polar surface area (TPSA) is 35.6 Å². The molecule has 0 aromatic heterocycles. The molecule has 0 bridgehead atoms. The summed E-state index contributed by atoms with van der Waals surface area (Å²) in [5, 5.41) is 3.91. The minimum Gasteiger partial charge on any atom is -0.343 e. The Balaban J connectivity index is 1.46. The van der Waals surface area contributed by atoms with Crippen molar-refractivity contribution in [2.24, 2.45) is 0 Å². The summed E-state index contributed by atoms with van der Waals surface area (Å²) < 4.78 is 0. The molecule has 3 fully saturated rings. The van der Waals surface area contributed by atoms with Crippen LogP contribution in [0.15, 0.2) is 0 Å². The lowest BCUT2D eigenvalue weighted by molar-refractivity contribution is -0.131. The van der Waals surface area contributed by atoms with Crippen LogP contribution in [-0.2, 0) is 4.79 Å². The van der Waals surface area contributed by atoms with Crippen LogP contribution in [0.3, 0.4) is 0 Å². The number of likely N-dealkylation sites (tertiary alicyclic amines) is 1. The maximum Gasteiger partial charge on any atom is 0.222 e. The summed E-state index contributed by atoms with van der Waals surface area (Å²) in [6.45, 7) is 6.46. The predicted octanol–water partition coefficient (Wildman–Crippen LogP) is 1.60. The summed E-state index contributed by atoms with van der Waals surface area (Å²) >= 11 is 0. The molecule has 0 aromatic rings. The van der Waals surface area contributed by atoms with Gasteiger partial charge in [-0.2, -0.15) is 0 Å². The molecule has 3 rings (SSSR count). The third-order valence-corrected chi connectivity index (χ3v) is 5.46. The van der Waals surface area contributed by atoms with E-state index in [9.17, 15) is 4.79 Å². The van der Waals surface area contributed by atoms with Gasteiger partial charge in [0.05, 0.1) is 0 Å². The third-order valence-electron chi connectivity index (χ3n) is 5.46. The largest absolute Gasteiger partial charge is 0.343 e. The number of piperidine rings is 2. The van der Waals surface area contributed by atoms with Gasteiger partial charge in [-0.25, -0.2) is 0 Å². The second-order valence-electron chi connectivity index (χ2n) is 6.67. The van der Waals surface area contributed by atoms with E-state index in [0.29, 0.717) is 24.4 Å². The van der Waals surface area contributed by atoms with Crippen molar-refractivity contribution >= 4 is 5.91 Å². The average Bonchev–Trinajstić information content (AvgIpc) is 2.91. The molecule has 4 heteroatoms. The molecule has 0 aromatic carbocycles. The lowest BCUT2D eigenvalue weighted by Crippen LogP contribution is -2.51. The highest BCUT2D eigenvalue weighted by atomic mass is 16.2. The highest BCUT2D eigenvalue weighted by Gasteiger charge is 2.36. The molecule has 20 heavy (non-hydrogen) atoms. The molecule has 0 aliphatic carbocycles. The number of rotatable bonds is 3. The van der Waals surface area contributed by atoms with Crippen molar-refractivity contribution in [3.63, 3.8) is 0 Å². The highest BCUT2D eigenvalue weighted by Crippen LogP contribution is 2.28. The Bertz CT molecular complexity index is 339. The average molecular weight is 279 g/mol. The van der Waals surface area contributed by atoms with Crippen LogP contribution in [0.5, 0.6) is 0 Å². The summed E-state index contributed by atoms with van der Waals surface area (Å²) in [6.07, 6.45) is 8.41. The Kier molecular flexibility index (Phi) is 4.61. The predicted molar refractivity (Wildman–Crippen MR) is 80.6 cm³/mol. The van der Waals surface area contributed by atoms with Gasteiger partial charge in [0, 0.05) is 44.2 Å². The molecule has 2 unspecified atom stereocenters. The second kappa shape index (κ2) is 6.44. The van der Waals surface area contributed by atoms with Crippen LogP contribution in [-0.4, -0.2) is 60.0 Å². The van der Waals surface area contributed by atoms with Crippen LogP contribution in [0.25, 0.3) is 0 Å². The first kappa shape index (κ1) is 14.3. The van der Waals surface area contributed by atoms with Crippen molar-refractivity contribution < 1.29 is 4.79 Å². The molecule has 3 aliphatic heterocycles. The Morgan fingerprint density at radius 2 is 1.85 bits per heavy atom. The second-order valence-corrected chi connectivity index (χ2v) is 6.67. The van der Waals surface area contributed by atoms with Gasteiger partial charge in [0.25, 0.3) is 0 Å². The van der Waals surface area contributed by atoms with Gasteiger partial charge in [0.2, 0.25) is 5.91 Å². The maximum absolute atomic E-state index is 11.7. The van der Waals surface area contributed by atoms with Gasteiger partial charge in [-0.3, -0.25) is 9.69 Å². The standard InChI is InChI=1S/C16H29N3O/c1-2-16(20)19-10-6-13(7-11-19)17-14-8-12-18-9-4-3-5-15(14)18/h13-15,17H,2-12H2,1H3. The Morgan fingerprint density at radius 3 is 2.60 bits per heavy atom. The maximum atomic E-state index is 11.7. The summed E-state index contributed by atoms with van der Waals surface area (Å²) in [6, 6.07) is 2.12. The van der Waals surface area contributed by atoms with E-state index in [2.05, 4.69) is 10.2 Å². The van der Waals surface area contributed by atoms with Crippen molar-refractivity contribution in [3.05, 3.63) is 0 Å². The minimum absolute atomic E-state index is 0.322. The van der Waals surface area contributed by atoms with Gasteiger partial charge in [-0.15, -0.1) is 0 Å². The lowest BCUT2D eigenvalue weighted by Gasteiger charge is -2.37. The smallest absolute Gasteiger partial charge is 0.222 e. The van der Waals surface area contributed by atoms with E-state index in [-0.39, 0.29) is 0 Å². The molecule has 3 saturated heterocycles. The van der Waals surface area contributed by atoms with E-state index in [1.807, 2.05) is 11.8 Å². The first-order valence-electron chi connectivity index (χ1n) is 8.56. The van der Waals surface area contributed by atoms with Crippen molar-refractivity contribution in [2.75, 3.05) is 26.2 Å². The fourth-order valence-electron chi connectivity index (χ4n) is 4.26. The zero-order chi connectivity index (χ0) is 13.9. The first-order chi connectivity index (χ1) is 9.78. The van der Waals surface area contributed by atoms with Crippen LogP contribution < -0.4 is 5.32 Å². The molecule has 0 saturated carbocycles.